The molecule has 0 aliphatic heterocycles. The van der Waals surface area contributed by atoms with Gasteiger partial charge in [0.25, 0.3) is 0 Å². The highest BCUT2D eigenvalue weighted by molar-refractivity contribution is 5.90. The molecule has 0 aliphatic carbocycles. The number of aromatic nitrogens is 4. The minimum atomic E-state index is -0.183. The number of amides is 1. The van der Waals surface area contributed by atoms with E-state index in [4.69, 9.17) is 0 Å². The Morgan fingerprint density at radius 3 is 2.90 bits per heavy atom. The van der Waals surface area contributed by atoms with Crippen LogP contribution in [0.2, 0.25) is 0 Å². The Balaban J connectivity index is 1.74. The van der Waals surface area contributed by atoms with E-state index < -0.39 is 0 Å². The highest BCUT2D eigenvalue weighted by Crippen LogP contribution is 2.10. The lowest BCUT2D eigenvalue weighted by atomic mass is 10.3. The predicted octanol–water partition coefficient (Wildman–Crippen LogP) is 1.77. The van der Waals surface area contributed by atoms with Crippen molar-refractivity contribution in [3.8, 4) is 0 Å². The molecule has 0 unspecified atom stereocenters. The summed E-state index contributed by atoms with van der Waals surface area (Å²) in [6.45, 7) is 2.05. The van der Waals surface area contributed by atoms with Gasteiger partial charge < -0.3 is 5.32 Å². The van der Waals surface area contributed by atoms with Gasteiger partial charge in [-0.3, -0.25) is 4.79 Å². The molecule has 3 rings (SSSR count). The zero-order valence-electron chi connectivity index (χ0n) is 10.9. The minimum absolute atomic E-state index is 0.107. The second kappa shape index (κ2) is 5.08. The zero-order chi connectivity index (χ0) is 13.9. The Morgan fingerprint density at radius 1 is 1.25 bits per heavy atom. The van der Waals surface area contributed by atoms with Crippen molar-refractivity contribution >= 4 is 22.8 Å². The molecule has 0 atom stereocenters. The minimum Gasteiger partial charge on any atom is -0.309 e. The van der Waals surface area contributed by atoms with Gasteiger partial charge in [-0.2, -0.15) is 0 Å². The molecule has 0 fully saturated rings. The number of hydrogen-bond donors (Lipinski definition) is 1. The number of fused-ring (bicyclic) bond motifs is 1. The number of nitrogens with zero attached hydrogens (tertiary/aromatic N) is 4. The van der Waals surface area contributed by atoms with E-state index in [2.05, 4.69) is 20.6 Å². The molecule has 2 aromatic heterocycles. The first-order valence-electron chi connectivity index (χ1n) is 6.23. The van der Waals surface area contributed by atoms with Crippen LogP contribution in [0.3, 0.4) is 0 Å². The van der Waals surface area contributed by atoms with Crippen molar-refractivity contribution in [3.63, 3.8) is 0 Å². The number of anilines is 1. The number of carbonyl (C=O) groups is 1. The maximum absolute atomic E-state index is 12.0. The third-order valence-corrected chi connectivity index (χ3v) is 2.89. The fourth-order valence-electron chi connectivity index (χ4n) is 1.89. The summed E-state index contributed by atoms with van der Waals surface area (Å²) in [7, 11) is 0. The van der Waals surface area contributed by atoms with Crippen LogP contribution in [-0.2, 0) is 11.3 Å². The summed E-state index contributed by atoms with van der Waals surface area (Å²) in [5, 5.41) is 10.7. The van der Waals surface area contributed by atoms with E-state index in [1.165, 1.54) is 0 Å². The number of benzene rings is 1. The van der Waals surface area contributed by atoms with Crippen LogP contribution >= 0.6 is 0 Å². The first-order chi connectivity index (χ1) is 9.72. The van der Waals surface area contributed by atoms with Gasteiger partial charge in [0.2, 0.25) is 5.91 Å². The molecule has 6 heteroatoms. The number of para-hydroxylation sites is 1. The lowest BCUT2D eigenvalue weighted by Crippen LogP contribution is -2.20. The van der Waals surface area contributed by atoms with Gasteiger partial charge >= 0.3 is 0 Å². The summed E-state index contributed by atoms with van der Waals surface area (Å²) in [6, 6.07) is 11.2. The Hall–Kier alpha value is -2.76. The molecule has 0 bridgehead atoms. The van der Waals surface area contributed by atoms with Crippen molar-refractivity contribution in [2.24, 2.45) is 0 Å². The summed E-state index contributed by atoms with van der Waals surface area (Å²) >= 11 is 0. The van der Waals surface area contributed by atoms with Gasteiger partial charge in [0.15, 0.2) is 0 Å². The molecule has 0 radical (unpaired) electrons. The number of nitrogens with one attached hydrogen (secondary N) is 1. The first-order valence-corrected chi connectivity index (χ1v) is 6.23. The second-order valence-corrected chi connectivity index (χ2v) is 4.50. The van der Waals surface area contributed by atoms with E-state index in [-0.39, 0.29) is 12.5 Å². The summed E-state index contributed by atoms with van der Waals surface area (Å²) in [4.78, 5) is 16.1. The van der Waals surface area contributed by atoms with Crippen molar-refractivity contribution in [2.45, 2.75) is 13.5 Å². The van der Waals surface area contributed by atoms with Crippen molar-refractivity contribution in [1.29, 1.82) is 0 Å². The summed E-state index contributed by atoms with van der Waals surface area (Å²) < 4.78 is 1.57. The van der Waals surface area contributed by atoms with E-state index >= 15 is 0 Å². The molecule has 2 heterocycles. The van der Waals surface area contributed by atoms with Crippen molar-refractivity contribution in [1.82, 2.24) is 20.0 Å². The van der Waals surface area contributed by atoms with Crippen molar-refractivity contribution < 1.29 is 4.79 Å². The number of aryl methyl sites for hydroxylation is 1. The topological polar surface area (TPSA) is 72.7 Å². The maximum Gasteiger partial charge on any atom is 0.247 e. The quantitative estimate of drug-likeness (QED) is 0.785. The van der Waals surface area contributed by atoms with Gasteiger partial charge in [-0.15, -0.1) is 5.10 Å². The lowest BCUT2D eigenvalue weighted by Gasteiger charge is -2.05. The summed E-state index contributed by atoms with van der Waals surface area (Å²) in [6.07, 6.45) is 1.71. The molecule has 1 amide bonds. The van der Waals surface area contributed by atoms with Crippen LogP contribution in [0.25, 0.3) is 11.0 Å². The van der Waals surface area contributed by atoms with Crippen LogP contribution in [-0.4, -0.2) is 25.9 Å². The molecule has 100 valence electrons. The van der Waals surface area contributed by atoms with Crippen molar-refractivity contribution in [2.75, 3.05) is 5.32 Å². The van der Waals surface area contributed by atoms with E-state index in [9.17, 15) is 4.79 Å². The van der Waals surface area contributed by atoms with Crippen molar-refractivity contribution in [3.05, 3.63) is 48.2 Å². The monoisotopic (exact) mass is 267 g/mol. The third kappa shape index (κ3) is 2.49. The van der Waals surface area contributed by atoms with E-state index in [0.29, 0.717) is 5.82 Å². The number of pyridine rings is 1. The fourth-order valence-corrected chi connectivity index (χ4v) is 1.89. The Morgan fingerprint density at radius 2 is 2.10 bits per heavy atom. The fraction of sp³-hybridized carbons (Fsp3) is 0.143. The van der Waals surface area contributed by atoms with Crippen LogP contribution in [0.4, 0.5) is 5.82 Å². The van der Waals surface area contributed by atoms with Gasteiger partial charge in [-0.1, -0.05) is 23.4 Å². The predicted molar refractivity (Wildman–Crippen MR) is 75.1 cm³/mol. The second-order valence-electron chi connectivity index (χ2n) is 4.50. The molecule has 3 aromatic rings. The van der Waals surface area contributed by atoms with Gasteiger partial charge in [0, 0.05) is 6.20 Å². The Bertz CT molecular complexity index is 748. The van der Waals surface area contributed by atoms with Gasteiger partial charge in [0.05, 0.1) is 5.52 Å². The number of carbonyl (C=O) groups excluding carboxylic acids is 1. The molecule has 0 aliphatic rings. The van der Waals surface area contributed by atoms with E-state index in [1.54, 1.807) is 16.9 Å². The summed E-state index contributed by atoms with van der Waals surface area (Å²) in [5.41, 5.74) is 2.65. The first kappa shape index (κ1) is 12.3. The average Bonchev–Trinajstić information content (AvgIpc) is 2.85. The zero-order valence-corrected chi connectivity index (χ0v) is 10.9. The normalized spacial score (nSPS) is 10.7. The molecule has 6 nitrogen and oxygen atoms in total. The molecule has 0 saturated heterocycles. The van der Waals surface area contributed by atoms with Gasteiger partial charge in [-0.05, 0) is 30.7 Å². The SMILES string of the molecule is Cc1ccc(NC(=O)Cn2nnc3ccccc32)nc1. The van der Waals surface area contributed by atoms with E-state index in [0.717, 1.165) is 16.6 Å². The van der Waals surface area contributed by atoms with Crippen LogP contribution in [0.15, 0.2) is 42.6 Å². The van der Waals surface area contributed by atoms with Crippen LogP contribution in [0, 0.1) is 6.92 Å². The number of hydrogen-bond acceptors (Lipinski definition) is 4. The standard InChI is InChI=1S/C14H13N5O/c1-10-6-7-13(15-8-10)16-14(20)9-19-12-5-3-2-4-11(12)17-18-19/h2-8H,9H2,1H3,(H,15,16,20). The lowest BCUT2D eigenvalue weighted by molar-refractivity contribution is -0.116. The molecule has 0 saturated carbocycles. The largest absolute Gasteiger partial charge is 0.309 e. The smallest absolute Gasteiger partial charge is 0.247 e. The van der Waals surface area contributed by atoms with E-state index in [1.807, 2.05) is 37.3 Å². The van der Waals surface area contributed by atoms with Crippen LogP contribution in [0.5, 0.6) is 0 Å². The highest BCUT2D eigenvalue weighted by Gasteiger charge is 2.09. The molecular formula is C14H13N5O. The average molecular weight is 267 g/mol. The molecule has 1 aromatic carbocycles. The molecule has 20 heavy (non-hydrogen) atoms. The Labute approximate surface area is 115 Å². The number of rotatable bonds is 3. The maximum atomic E-state index is 12.0. The molecule has 1 N–H and O–H groups in total. The van der Waals surface area contributed by atoms with Crippen LogP contribution in [0.1, 0.15) is 5.56 Å². The van der Waals surface area contributed by atoms with Gasteiger partial charge in [-0.25, -0.2) is 9.67 Å². The van der Waals surface area contributed by atoms with Crippen LogP contribution < -0.4 is 5.32 Å². The molecule has 0 spiro atoms. The molecular weight excluding hydrogens is 254 g/mol. The Kier molecular flexibility index (Phi) is 3.12. The summed E-state index contributed by atoms with van der Waals surface area (Å²) in [5.74, 6) is 0.349. The third-order valence-electron chi connectivity index (χ3n) is 2.89. The highest BCUT2D eigenvalue weighted by atomic mass is 16.2. The van der Waals surface area contributed by atoms with Gasteiger partial charge in [0.1, 0.15) is 17.9 Å².